The van der Waals surface area contributed by atoms with Crippen LogP contribution in [0.4, 0.5) is 0 Å². The summed E-state index contributed by atoms with van der Waals surface area (Å²) in [6, 6.07) is 0.0803. The maximum absolute atomic E-state index is 11.4. The molecule has 1 unspecified atom stereocenters. The van der Waals surface area contributed by atoms with Crippen LogP contribution in [0.3, 0.4) is 0 Å². The van der Waals surface area contributed by atoms with Crippen molar-refractivity contribution in [3.05, 3.63) is 16.1 Å². The van der Waals surface area contributed by atoms with Gasteiger partial charge in [-0.05, 0) is 13.8 Å². The van der Waals surface area contributed by atoms with E-state index in [2.05, 4.69) is 15.0 Å². The summed E-state index contributed by atoms with van der Waals surface area (Å²) in [5.74, 6) is 0.0916. The van der Waals surface area contributed by atoms with Crippen LogP contribution in [-0.4, -0.2) is 32.2 Å². The van der Waals surface area contributed by atoms with Gasteiger partial charge in [0.15, 0.2) is 0 Å². The lowest BCUT2D eigenvalue weighted by atomic mass is 10.2. The molecule has 5 nitrogen and oxygen atoms in total. The molecule has 1 aromatic heterocycles. The third-order valence-corrected chi connectivity index (χ3v) is 4.53. The van der Waals surface area contributed by atoms with Crippen molar-refractivity contribution < 1.29 is 8.42 Å². The first-order chi connectivity index (χ1) is 7.94. The molecule has 0 aromatic carbocycles. The van der Waals surface area contributed by atoms with Crippen molar-refractivity contribution in [1.82, 2.24) is 15.0 Å². The molecule has 0 saturated heterocycles. The second-order valence-electron chi connectivity index (χ2n) is 3.78. The van der Waals surface area contributed by atoms with Crippen LogP contribution in [0.15, 0.2) is 5.38 Å². The lowest BCUT2D eigenvalue weighted by Crippen LogP contribution is -2.32. The minimum atomic E-state index is -3.13. The van der Waals surface area contributed by atoms with Gasteiger partial charge in [-0.3, -0.25) is 0 Å². The summed E-state index contributed by atoms with van der Waals surface area (Å²) in [6.45, 7) is 6.56. The molecule has 1 aromatic rings. The molecule has 1 atom stereocenters. The summed E-state index contributed by atoms with van der Waals surface area (Å²) in [5.41, 5.74) is 0.966. The summed E-state index contributed by atoms with van der Waals surface area (Å²) in [4.78, 5) is 4.35. The standard InChI is InChI=1S/C10H19N3O2S2/c1-4-12-17(14,15)6-5-11-8(2)10-7-16-9(3)13-10/h7-8,11-12H,4-6H2,1-3H3. The summed E-state index contributed by atoms with van der Waals surface area (Å²) in [6.07, 6.45) is 0. The van der Waals surface area contributed by atoms with Gasteiger partial charge in [0.05, 0.1) is 16.5 Å². The van der Waals surface area contributed by atoms with Gasteiger partial charge in [-0.2, -0.15) is 0 Å². The highest BCUT2D eigenvalue weighted by atomic mass is 32.2. The fourth-order valence-corrected chi connectivity index (χ4v) is 3.06. The Morgan fingerprint density at radius 1 is 1.53 bits per heavy atom. The van der Waals surface area contributed by atoms with E-state index in [0.717, 1.165) is 10.7 Å². The number of rotatable bonds is 7. The van der Waals surface area contributed by atoms with Crippen molar-refractivity contribution in [2.75, 3.05) is 18.8 Å². The second kappa shape index (κ2) is 6.44. The van der Waals surface area contributed by atoms with E-state index in [1.54, 1.807) is 18.3 Å². The van der Waals surface area contributed by atoms with Crippen LogP contribution < -0.4 is 10.0 Å². The first-order valence-electron chi connectivity index (χ1n) is 5.57. The number of thiazole rings is 1. The van der Waals surface area contributed by atoms with Gasteiger partial charge in [0.1, 0.15) is 0 Å². The molecule has 0 aliphatic heterocycles. The van der Waals surface area contributed by atoms with Crippen molar-refractivity contribution in [1.29, 1.82) is 0 Å². The Hall–Kier alpha value is -0.500. The summed E-state index contributed by atoms with van der Waals surface area (Å²) >= 11 is 1.60. The summed E-state index contributed by atoms with van der Waals surface area (Å²) in [7, 11) is -3.13. The maximum Gasteiger partial charge on any atom is 0.212 e. The summed E-state index contributed by atoms with van der Waals surface area (Å²) < 4.78 is 25.2. The van der Waals surface area contributed by atoms with Gasteiger partial charge >= 0.3 is 0 Å². The monoisotopic (exact) mass is 277 g/mol. The normalized spacial score (nSPS) is 13.8. The number of nitrogens with zero attached hydrogens (tertiary/aromatic N) is 1. The topological polar surface area (TPSA) is 71.1 Å². The molecule has 0 radical (unpaired) electrons. The first-order valence-corrected chi connectivity index (χ1v) is 8.10. The van der Waals surface area contributed by atoms with Crippen molar-refractivity contribution in [3.63, 3.8) is 0 Å². The van der Waals surface area contributed by atoms with Gasteiger partial charge in [0.25, 0.3) is 0 Å². The van der Waals surface area contributed by atoms with Gasteiger partial charge in [0.2, 0.25) is 10.0 Å². The molecule has 17 heavy (non-hydrogen) atoms. The highest BCUT2D eigenvalue weighted by Crippen LogP contribution is 2.15. The van der Waals surface area contributed by atoms with E-state index >= 15 is 0 Å². The van der Waals surface area contributed by atoms with Crippen molar-refractivity contribution in [2.45, 2.75) is 26.8 Å². The second-order valence-corrected chi connectivity index (χ2v) is 6.77. The number of nitrogens with one attached hydrogen (secondary N) is 2. The molecule has 0 amide bonds. The van der Waals surface area contributed by atoms with E-state index in [-0.39, 0.29) is 11.8 Å². The average molecular weight is 277 g/mol. The van der Waals surface area contributed by atoms with Crippen LogP contribution in [0, 0.1) is 6.92 Å². The quantitative estimate of drug-likeness (QED) is 0.781. The van der Waals surface area contributed by atoms with Gasteiger partial charge < -0.3 is 5.32 Å². The molecule has 2 N–H and O–H groups in total. The minimum absolute atomic E-state index is 0.0803. The van der Waals surface area contributed by atoms with Gasteiger partial charge in [0, 0.05) is 24.5 Å². The first kappa shape index (κ1) is 14.6. The molecular weight excluding hydrogens is 258 g/mol. The average Bonchev–Trinajstić information content (AvgIpc) is 2.64. The number of aryl methyl sites for hydroxylation is 1. The fourth-order valence-electron chi connectivity index (χ4n) is 1.39. The van der Waals surface area contributed by atoms with Crippen molar-refractivity contribution >= 4 is 21.4 Å². The lowest BCUT2D eigenvalue weighted by Gasteiger charge is -2.11. The van der Waals surface area contributed by atoms with Crippen LogP contribution >= 0.6 is 11.3 Å². The number of hydrogen-bond donors (Lipinski definition) is 2. The molecule has 0 aliphatic carbocycles. The Morgan fingerprint density at radius 3 is 2.76 bits per heavy atom. The van der Waals surface area contributed by atoms with E-state index in [0.29, 0.717) is 13.1 Å². The van der Waals surface area contributed by atoms with Gasteiger partial charge in [-0.15, -0.1) is 11.3 Å². The van der Waals surface area contributed by atoms with E-state index < -0.39 is 10.0 Å². The van der Waals surface area contributed by atoms with Crippen molar-refractivity contribution in [3.8, 4) is 0 Å². The maximum atomic E-state index is 11.4. The Bertz CT molecular complexity index is 442. The highest BCUT2D eigenvalue weighted by Gasteiger charge is 2.11. The Labute approximate surface area is 107 Å². The van der Waals surface area contributed by atoms with E-state index in [1.807, 2.05) is 19.2 Å². The molecule has 0 saturated carbocycles. The molecule has 0 spiro atoms. The van der Waals surface area contributed by atoms with E-state index in [9.17, 15) is 8.42 Å². The molecule has 1 heterocycles. The molecule has 0 bridgehead atoms. The molecule has 98 valence electrons. The summed E-state index contributed by atoms with van der Waals surface area (Å²) in [5, 5.41) is 6.17. The van der Waals surface area contributed by atoms with Crippen LogP contribution in [0.2, 0.25) is 0 Å². The zero-order chi connectivity index (χ0) is 12.9. The van der Waals surface area contributed by atoms with Crippen molar-refractivity contribution in [2.24, 2.45) is 0 Å². The third kappa shape index (κ3) is 5.12. The molecule has 7 heteroatoms. The SMILES string of the molecule is CCNS(=O)(=O)CCNC(C)c1csc(C)n1. The molecule has 0 aliphatic rings. The van der Waals surface area contributed by atoms with Gasteiger partial charge in [-0.1, -0.05) is 6.92 Å². The zero-order valence-corrected chi connectivity index (χ0v) is 12.0. The Balaban J connectivity index is 2.37. The van der Waals surface area contributed by atoms with E-state index in [4.69, 9.17) is 0 Å². The van der Waals surface area contributed by atoms with Crippen LogP contribution in [0.25, 0.3) is 0 Å². The third-order valence-electron chi connectivity index (χ3n) is 2.27. The minimum Gasteiger partial charge on any atom is -0.308 e. The van der Waals surface area contributed by atoms with Crippen LogP contribution in [0.1, 0.15) is 30.6 Å². The number of aromatic nitrogens is 1. The largest absolute Gasteiger partial charge is 0.308 e. The van der Waals surface area contributed by atoms with Gasteiger partial charge in [-0.25, -0.2) is 18.1 Å². The van der Waals surface area contributed by atoms with E-state index in [1.165, 1.54) is 0 Å². The Kier molecular flexibility index (Phi) is 5.51. The fraction of sp³-hybridized carbons (Fsp3) is 0.700. The smallest absolute Gasteiger partial charge is 0.212 e. The molecule has 0 fully saturated rings. The predicted molar refractivity (Wildman–Crippen MR) is 70.7 cm³/mol. The number of sulfonamides is 1. The lowest BCUT2D eigenvalue weighted by molar-refractivity contribution is 0.559. The zero-order valence-electron chi connectivity index (χ0n) is 10.4. The highest BCUT2D eigenvalue weighted by molar-refractivity contribution is 7.89. The number of hydrogen-bond acceptors (Lipinski definition) is 5. The molecule has 1 rings (SSSR count). The predicted octanol–water partition coefficient (Wildman–Crippen LogP) is 1.04. The van der Waals surface area contributed by atoms with Crippen LogP contribution in [-0.2, 0) is 10.0 Å². The van der Waals surface area contributed by atoms with Crippen LogP contribution in [0.5, 0.6) is 0 Å². The molecular formula is C10H19N3O2S2. The Morgan fingerprint density at radius 2 is 2.24 bits per heavy atom.